The van der Waals surface area contributed by atoms with Crippen molar-refractivity contribution >= 4 is 15.6 Å². The molecule has 7 heteroatoms. The van der Waals surface area contributed by atoms with Gasteiger partial charge in [-0.2, -0.15) is 0 Å². The summed E-state index contributed by atoms with van der Waals surface area (Å²) in [6.45, 7) is 8.01. The minimum absolute atomic E-state index is 0.0704. The van der Waals surface area contributed by atoms with Crippen LogP contribution < -0.4 is 4.74 Å². The Hall–Kier alpha value is -3.13. The second-order valence-electron chi connectivity index (χ2n) is 7.31. The predicted octanol–water partition coefficient (Wildman–Crippen LogP) is 4.21. The SMILES string of the molecule is C=CCC(O)(c1ccc(OC)cc1)c1c(C(=C)COC)ccn1S(=O)(=O)c1ccccc1. The summed E-state index contributed by atoms with van der Waals surface area (Å²) in [5.74, 6) is 0.617. The minimum atomic E-state index is -4.00. The molecule has 1 unspecified atom stereocenters. The quantitative estimate of drug-likeness (QED) is 0.466. The molecule has 0 aliphatic carbocycles. The summed E-state index contributed by atoms with van der Waals surface area (Å²) in [5, 5.41) is 12.0. The first kappa shape index (κ1) is 23.5. The standard InChI is InChI=1S/C25H27NO5S/c1-5-16-25(27,20-11-13-21(31-4)14-12-20)24-23(19(2)18-30-3)15-17-26(24)32(28,29)22-9-7-6-8-10-22/h5-15,17,27H,1-2,16,18H2,3-4H3. The summed E-state index contributed by atoms with van der Waals surface area (Å²) in [5.41, 5.74) is -0.000783. The van der Waals surface area contributed by atoms with Gasteiger partial charge in [-0.3, -0.25) is 0 Å². The van der Waals surface area contributed by atoms with Gasteiger partial charge in [-0.25, -0.2) is 12.4 Å². The molecule has 6 nitrogen and oxygen atoms in total. The highest BCUT2D eigenvalue weighted by Gasteiger charge is 2.39. The maximum atomic E-state index is 13.6. The van der Waals surface area contributed by atoms with E-state index in [4.69, 9.17) is 9.47 Å². The third kappa shape index (κ3) is 4.27. The predicted molar refractivity (Wildman–Crippen MR) is 125 cm³/mol. The molecule has 1 N–H and O–H groups in total. The van der Waals surface area contributed by atoms with Gasteiger partial charge in [0.15, 0.2) is 0 Å². The van der Waals surface area contributed by atoms with Crippen molar-refractivity contribution in [2.24, 2.45) is 0 Å². The highest BCUT2D eigenvalue weighted by molar-refractivity contribution is 7.90. The summed E-state index contributed by atoms with van der Waals surface area (Å²) in [7, 11) is -0.923. The van der Waals surface area contributed by atoms with E-state index in [1.807, 2.05) is 0 Å². The van der Waals surface area contributed by atoms with E-state index in [0.717, 1.165) is 3.97 Å². The number of aromatic nitrogens is 1. The van der Waals surface area contributed by atoms with Crippen molar-refractivity contribution in [3.05, 3.63) is 103 Å². The molecule has 0 fully saturated rings. The number of hydrogen-bond acceptors (Lipinski definition) is 5. The van der Waals surface area contributed by atoms with Crippen LogP contribution in [0.15, 0.2) is 91.0 Å². The monoisotopic (exact) mass is 453 g/mol. The summed E-state index contributed by atoms with van der Waals surface area (Å²) >= 11 is 0. The van der Waals surface area contributed by atoms with Gasteiger partial charge in [0.25, 0.3) is 10.0 Å². The summed E-state index contributed by atoms with van der Waals surface area (Å²) in [6.07, 6.45) is 3.06. The minimum Gasteiger partial charge on any atom is -0.497 e. The fourth-order valence-electron chi connectivity index (χ4n) is 3.69. The molecular formula is C25H27NO5S. The van der Waals surface area contributed by atoms with Crippen molar-refractivity contribution < 1.29 is 23.0 Å². The Kier molecular flexibility index (Phi) is 7.03. The smallest absolute Gasteiger partial charge is 0.267 e. The van der Waals surface area contributed by atoms with Crippen molar-refractivity contribution in [3.8, 4) is 5.75 Å². The van der Waals surface area contributed by atoms with Crippen LogP contribution in [-0.2, 0) is 20.4 Å². The Morgan fingerprint density at radius 2 is 1.75 bits per heavy atom. The van der Waals surface area contributed by atoms with Gasteiger partial charge in [0.1, 0.15) is 11.4 Å². The summed E-state index contributed by atoms with van der Waals surface area (Å²) in [4.78, 5) is 0.108. The number of hydrogen-bond donors (Lipinski definition) is 1. The molecule has 0 radical (unpaired) electrons. The van der Waals surface area contributed by atoms with Gasteiger partial charge in [-0.15, -0.1) is 6.58 Å². The van der Waals surface area contributed by atoms with Crippen molar-refractivity contribution in [2.45, 2.75) is 16.9 Å². The summed E-state index contributed by atoms with van der Waals surface area (Å²) < 4.78 is 38.7. The zero-order valence-electron chi connectivity index (χ0n) is 18.2. The van der Waals surface area contributed by atoms with Crippen LogP contribution >= 0.6 is 0 Å². The fraction of sp³-hybridized carbons (Fsp3) is 0.200. The Morgan fingerprint density at radius 1 is 1.09 bits per heavy atom. The number of ether oxygens (including phenoxy) is 2. The normalized spacial score (nSPS) is 13.3. The zero-order valence-corrected chi connectivity index (χ0v) is 19.0. The Balaban J connectivity index is 2.32. The molecule has 168 valence electrons. The van der Waals surface area contributed by atoms with Crippen LogP contribution in [0, 0.1) is 0 Å². The van der Waals surface area contributed by atoms with Gasteiger partial charge in [0.05, 0.1) is 24.3 Å². The molecule has 0 aliphatic heterocycles. The first-order valence-corrected chi connectivity index (χ1v) is 11.4. The third-order valence-corrected chi connectivity index (χ3v) is 6.94. The van der Waals surface area contributed by atoms with Gasteiger partial charge in [-0.1, -0.05) is 43.0 Å². The lowest BCUT2D eigenvalue weighted by Crippen LogP contribution is -2.33. The van der Waals surface area contributed by atoms with E-state index in [1.165, 1.54) is 25.4 Å². The molecule has 0 saturated carbocycles. The zero-order chi connectivity index (χ0) is 23.4. The average Bonchev–Trinajstić information content (AvgIpc) is 3.27. The van der Waals surface area contributed by atoms with Crippen LogP contribution in [0.2, 0.25) is 0 Å². The number of rotatable bonds is 10. The van der Waals surface area contributed by atoms with Crippen molar-refractivity contribution in [1.82, 2.24) is 3.97 Å². The molecule has 0 bridgehead atoms. The summed E-state index contributed by atoms with van der Waals surface area (Å²) in [6, 6.07) is 16.6. The largest absolute Gasteiger partial charge is 0.497 e. The second-order valence-corrected chi connectivity index (χ2v) is 9.13. The van der Waals surface area contributed by atoms with Gasteiger partial charge in [-0.05, 0) is 41.5 Å². The number of benzene rings is 2. The maximum absolute atomic E-state index is 13.6. The molecular weight excluding hydrogens is 426 g/mol. The highest BCUT2D eigenvalue weighted by atomic mass is 32.2. The van der Waals surface area contributed by atoms with Gasteiger partial charge in [0.2, 0.25) is 0 Å². The van der Waals surface area contributed by atoms with Crippen LogP contribution in [0.1, 0.15) is 23.2 Å². The maximum Gasteiger partial charge on any atom is 0.267 e. The first-order valence-electron chi connectivity index (χ1n) is 9.97. The second kappa shape index (κ2) is 9.56. The molecule has 3 rings (SSSR count). The number of aliphatic hydroxyl groups is 1. The van der Waals surface area contributed by atoms with Crippen LogP contribution in [0.4, 0.5) is 0 Å². The molecule has 3 aromatic rings. The number of methoxy groups -OCH3 is 2. The Morgan fingerprint density at radius 3 is 2.31 bits per heavy atom. The molecule has 1 atom stereocenters. The average molecular weight is 454 g/mol. The molecule has 1 heterocycles. The molecule has 32 heavy (non-hydrogen) atoms. The van der Waals surface area contributed by atoms with Crippen LogP contribution in [0.25, 0.3) is 5.57 Å². The Bertz CT molecular complexity index is 1200. The lowest BCUT2D eigenvalue weighted by Gasteiger charge is -2.31. The lowest BCUT2D eigenvalue weighted by molar-refractivity contribution is 0.0783. The van der Waals surface area contributed by atoms with E-state index in [2.05, 4.69) is 13.2 Å². The van der Waals surface area contributed by atoms with E-state index in [0.29, 0.717) is 22.4 Å². The highest BCUT2D eigenvalue weighted by Crippen LogP contribution is 2.40. The molecule has 0 spiro atoms. The Labute approximate surface area is 189 Å². The molecule has 0 aliphatic rings. The van der Waals surface area contributed by atoms with Crippen molar-refractivity contribution in [2.75, 3.05) is 20.8 Å². The van der Waals surface area contributed by atoms with E-state index >= 15 is 0 Å². The lowest BCUT2D eigenvalue weighted by atomic mass is 9.84. The molecule has 1 aromatic heterocycles. The van der Waals surface area contributed by atoms with Gasteiger partial charge < -0.3 is 14.6 Å². The van der Waals surface area contributed by atoms with Crippen LogP contribution in [0.5, 0.6) is 5.75 Å². The topological polar surface area (TPSA) is 77.8 Å². The van der Waals surface area contributed by atoms with Gasteiger partial charge in [0, 0.05) is 25.3 Å². The molecule has 0 amide bonds. The number of nitrogens with zero attached hydrogens (tertiary/aromatic N) is 1. The third-order valence-electron chi connectivity index (χ3n) is 5.25. The van der Waals surface area contributed by atoms with E-state index in [9.17, 15) is 13.5 Å². The van der Waals surface area contributed by atoms with Crippen LogP contribution in [0.3, 0.4) is 0 Å². The molecule has 0 saturated heterocycles. The van der Waals surface area contributed by atoms with Crippen molar-refractivity contribution in [1.29, 1.82) is 0 Å². The molecule has 2 aromatic carbocycles. The van der Waals surface area contributed by atoms with E-state index in [-0.39, 0.29) is 23.6 Å². The first-order chi connectivity index (χ1) is 15.3. The van der Waals surface area contributed by atoms with Crippen LogP contribution in [-0.4, -0.2) is 38.3 Å². The fourth-order valence-corrected chi connectivity index (χ4v) is 5.13. The van der Waals surface area contributed by atoms with E-state index in [1.54, 1.807) is 61.7 Å². The van der Waals surface area contributed by atoms with Crippen molar-refractivity contribution in [3.63, 3.8) is 0 Å². The van der Waals surface area contributed by atoms with Gasteiger partial charge >= 0.3 is 0 Å². The van der Waals surface area contributed by atoms with E-state index < -0.39 is 15.6 Å².